The zero-order chi connectivity index (χ0) is 16.6. The summed E-state index contributed by atoms with van der Waals surface area (Å²) >= 11 is 1.13. The highest BCUT2D eigenvalue weighted by atomic mass is 32.2. The van der Waals surface area contributed by atoms with E-state index in [1.807, 2.05) is 32.9 Å². The number of carbonyl (C=O) groups excluding carboxylic acids is 1. The van der Waals surface area contributed by atoms with Crippen molar-refractivity contribution in [1.82, 2.24) is 19.4 Å². The summed E-state index contributed by atoms with van der Waals surface area (Å²) in [5.41, 5.74) is 2.64. The number of rotatable bonds is 3. The maximum absolute atomic E-state index is 12.5. The van der Waals surface area contributed by atoms with E-state index in [-0.39, 0.29) is 11.1 Å². The standard InChI is InChI=1S/C16H14N4O2S/c1-9-5-4-6-20-13(9)19-14(12(8-21)15(20)22)23-16-17-10(2)7-11(3)18-16/h4-8H,1-3H3. The van der Waals surface area contributed by atoms with E-state index in [1.54, 1.807) is 12.3 Å². The molecule has 3 heterocycles. The summed E-state index contributed by atoms with van der Waals surface area (Å²) in [6, 6.07) is 5.47. The summed E-state index contributed by atoms with van der Waals surface area (Å²) in [7, 11) is 0. The van der Waals surface area contributed by atoms with Crippen molar-refractivity contribution in [2.75, 3.05) is 0 Å². The van der Waals surface area contributed by atoms with Gasteiger partial charge in [0.05, 0.1) is 0 Å². The third-order valence-corrected chi connectivity index (χ3v) is 4.19. The molecule has 0 spiro atoms. The Balaban J connectivity index is 2.22. The number of hydrogen-bond donors (Lipinski definition) is 0. The van der Waals surface area contributed by atoms with Crippen LogP contribution in [0.4, 0.5) is 0 Å². The van der Waals surface area contributed by atoms with Gasteiger partial charge in [-0.3, -0.25) is 14.0 Å². The largest absolute Gasteiger partial charge is 0.298 e. The van der Waals surface area contributed by atoms with E-state index in [0.29, 0.717) is 22.1 Å². The number of hydrogen-bond acceptors (Lipinski definition) is 6. The summed E-state index contributed by atoms with van der Waals surface area (Å²) in [5.74, 6) is 0. The molecule has 0 atom stereocenters. The molecule has 0 aliphatic rings. The highest BCUT2D eigenvalue weighted by Crippen LogP contribution is 2.25. The Labute approximate surface area is 136 Å². The minimum Gasteiger partial charge on any atom is -0.298 e. The molecule has 23 heavy (non-hydrogen) atoms. The number of aryl methyl sites for hydroxylation is 3. The van der Waals surface area contributed by atoms with Crippen LogP contribution in [0.2, 0.25) is 0 Å². The lowest BCUT2D eigenvalue weighted by molar-refractivity contribution is 0.111. The average molecular weight is 326 g/mol. The minimum atomic E-state index is -0.388. The number of pyridine rings is 1. The molecule has 0 saturated heterocycles. The molecule has 0 bridgehead atoms. The number of aromatic nitrogens is 4. The van der Waals surface area contributed by atoms with Crippen LogP contribution in [0.25, 0.3) is 5.65 Å². The second-order valence-corrected chi connectivity index (χ2v) is 6.13. The zero-order valence-corrected chi connectivity index (χ0v) is 13.7. The Bertz CT molecular complexity index is 961. The van der Waals surface area contributed by atoms with Gasteiger partial charge in [0, 0.05) is 17.6 Å². The van der Waals surface area contributed by atoms with Crippen molar-refractivity contribution in [3.63, 3.8) is 0 Å². The molecule has 0 aliphatic heterocycles. The maximum Gasteiger partial charge on any atom is 0.269 e. The van der Waals surface area contributed by atoms with Gasteiger partial charge in [-0.15, -0.1) is 0 Å². The number of carbonyl (C=O) groups is 1. The van der Waals surface area contributed by atoms with Gasteiger partial charge in [0.1, 0.15) is 16.2 Å². The van der Waals surface area contributed by atoms with Gasteiger partial charge < -0.3 is 0 Å². The van der Waals surface area contributed by atoms with Crippen LogP contribution < -0.4 is 5.56 Å². The first-order valence-electron chi connectivity index (χ1n) is 6.97. The molecule has 0 aromatic carbocycles. The first-order valence-corrected chi connectivity index (χ1v) is 7.78. The third-order valence-electron chi connectivity index (χ3n) is 3.32. The van der Waals surface area contributed by atoms with E-state index in [9.17, 15) is 9.59 Å². The van der Waals surface area contributed by atoms with E-state index in [1.165, 1.54) is 4.40 Å². The number of aldehydes is 1. The van der Waals surface area contributed by atoms with Crippen LogP contribution in [0, 0.1) is 20.8 Å². The molecule has 3 rings (SSSR count). The zero-order valence-electron chi connectivity index (χ0n) is 12.9. The van der Waals surface area contributed by atoms with Crippen molar-refractivity contribution in [2.24, 2.45) is 0 Å². The minimum absolute atomic E-state index is 0.0147. The Kier molecular flexibility index (Phi) is 3.96. The second kappa shape index (κ2) is 5.92. The second-order valence-electron chi connectivity index (χ2n) is 5.17. The summed E-state index contributed by atoms with van der Waals surface area (Å²) in [6.07, 6.45) is 2.14. The van der Waals surface area contributed by atoms with Gasteiger partial charge in [0.2, 0.25) is 0 Å². The number of nitrogens with zero attached hydrogens (tertiary/aromatic N) is 4. The van der Waals surface area contributed by atoms with E-state index >= 15 is 0 Å². The molecular formula is C16H14N4O2S. The summed E-state index contributed by atoms with van der Waals surface area (Å²) in [5, 5.41) is 0.791. The van der Waals surface area contributed by atoms with E-state index < -0.39 is 0 Å². The van der Waals surface area contributed by atoms with Crippen molar-refractivity contribution in [3.05, 3.63) is 57.3 Å². The van der Waals surface area contributed by atoms with Gasteiger partial charge in [-0.2, -0.15) is 0 Å². The molecule has 116 valence electrons. The Hall–Kier alpha value is -2.54. The van der Waals surface area contributed by atoms with Crippen molar-refractivity contribution in [1.29, 1.82) is 0 Å². The molecule has 0 aliphatic carbocycles. The van der Waals surface area contributed by atoms with Crippen LogP contribution >= 0.6 is 11.8 Å². The summed E-state index contributed by atoms with van der Waals surface area (Å²) < 4.78 is 1.38. The van der Waals surface area contributed by atoms with Gasteiger partial charge in [-0.05, 0) is 50.2 Å². The Morgan fingerprint density at radius 2 is 1.83 bits per heavy atom. The fourth-order valence-electron chi connectivity index (χ4n) is 2.30. The van der Waals surface area contributed by atoms with Crippen LogP contribution in [0.3, 0.4) is 0 Å². The van der Waals surface area contributed by atoms with Crippen LogP contribution in [0.5, 0.6) is 0 Å². The van der Waals surface area contributed by atoms with Crippen molar-refractivity contribution in [3.8, 4) is 0 Å². The number of fused-ring (bicyclic) bond motifs is 1. The van der Waals surface area contributed by atoms with Crippen LogP contribution in [-0.2, 0) is 0 Å². The molecule has 0 N–H and O–H groups in total. The molecule has 0 unspecified atom stereocenters. The molecule has 0 saturated carbocycles. The predicted molar refractivity (Wildman–Crippen MR) is 87.2 cm³/mol. The highest BCUT2D eigenvalue weighted by molar-refractivity contribution is 7.99. The van der Waals surface area contributed by atoms with Crippen LogP contribution in [0.1, 0.15) is 27.3 Å². The first kappa shape index (κ1) is 15.4. The fourth-order valence-corrected chi connectivity index (χ4v) is 3.23. The maximum atomic E-state index is 12.5. The molecule has 0 radical (unpaired) electrons. The van der Waals surface area contributed by atoms with Gasteiger partial charge in [0.15, 0.2) is 11.4 Å². The van der Waals surface area contributed by atoms with Crippen LogP contribution in [-0.4, -0.2) is 25.6 Å². The smallest absolute Gasteiger partial charge is 0.269 e. The predicted octanol–water partition coefficient (Wildman–Crippen LogP) is 2.37. The fraction of sp³-hybridized carbons (Fsp3) is 0.188. The monoisotopic (exact) mass is 326 g/mol. The van der Waals surface area contributed by atoms with Gasteiger partial charge in [0.25, 0.3) is 5.56 Å². The molecule has 0 amide bonds. The molecule has 6 nitrogen and oxygen atoms in total. The SMILES string of the molecule is Cc1cc(C)nc(Sc2nc3c(C)cccn3c(=O)c2C=O)n1. The molecule has 3 aromatic rings. The van der Waals surface area contributed by atoms with Crippen molar-refractivity contribution in [2.45, 2.75) is 31.0 Å². The normalized spacial score (nSPS) is 10.9. The molecular weight excluding hydrogens is 312 g/mol. The van der Waals surface area contributed by atoms with E-state index in [4.69, 9.17) is 0 Å². The molecule has 7 heteroatoms. The van der Waals surface area contributed by atoms with E-state index in [0.717, 1.165) is 28.7 Å². The van der Waals surface area contributed by atoms with Crippen molar-refractivity contribution >= 4 is 23.7 Å². The van der Waals surface area contributed by atoms with Crippen molar-refractivity contribution < 1.29 is 4.79 Å². The van der Waals surface area contributed by atoms with Gasteiger partial charge >= 0.3 is 0 Å². The molecule has 0 fully saturated rings. The van der Waals surface area contributed by atoms with Gasteiger partial charge in [-0.25, -0.2) is 15.0 Å². The first-order chi connectivity index (χ1) is 11.0. The van der Waals surface area contributed by atoms with E-state index in [2.05, 4.69) is 15.0 Å². The van der Waals surface area contributed by atoms with Crippen LogP contribution in [0.15, 0.2) is 39.4 Å². The highest BCUT2D eigenvalue weighted by Gasteiger charge is 2.16. The summed E-state index contributed by atoms with van der Waals surface area (Å²) in [6.45, 7) is 5.60. The lowest BCUT2D eigenvalue weighted by Gasteiger charge is -2.08. The quantitative estimate of drug-likeness (QED) is 0.418. The topological polar surface area (TPSA) is 77.2 Å². The average Bonchev–Trinajstić information content (AvgIpc) is 2.48. The lowest BCUT2D eigenvalue weighted by atomic mass is 10.3. The molecule has 3 aromatic heterocycles. The Morgan fingerprint density at radius 3 is 2.48 bits per heavy atom. The van der Waals surface area contributed by atoms with Gasteiger partial charge in [-0.1, -0.05) is 6.07 Å². The third kappa shape index (κ3) is 2.87. The summed E-state index contributed by atoms with van der Waals surface area (Å²) in [4.78, 5) is 37.0. The Morgan fingerprint density at radius 1 is 1.13 bits per heavy atom. The lowest BCUT2D eigenvalue weighted by Crippen LogP contribution is -2.21.